The average Bonchev–Trinajstić information content (AvgIpc) is 2.97. The molecule has 1 fully saturated rings. The maximum atomic E-state index is 12.6. The second-order valence-electron chi connectivity index (χ2n) is 6.66. The van der Waals surface area contributed by atoms with Crippen molar-refractivity contribution >= 4 is 5.91 Å². The Morgan fingerprint density at radius 2 is 2.00 bits per heavy atom. The number of ether oxygens (including phenoxy) is 1. The van der Waals surface area contributed by atoms with E-state index in [0.717, 1.165) is 30.6 Å². The van der Waals surface area contributed by atoms with Crippen molar-refractivity contribution in [3.8, 4) is 6.07 Å². The van der Waals surface area contributed by atoms with E-state index < -0.39 is 5.72 Å². The molecule has 25 heavy (non-hydrogen) atoms. The molecule has 2 aliphatic heterocycles. The minimum absolute atomic E-state index is 0.0617. The van der Waals surface area contributed by atoms with Crippen LogP contribution in [0, 0.1) is 11.3 Å². The third kappa shape index (κ3) is 3.14. The Labute approximate surface area is 146 Å². The summed E-state index contributed by atoms with van der Waals surface area (Å²) in [6.07, 6.45) is 0.767. The number of carbonyl (C=O) groups excluding carboxylic acids is 1. The van der Waals surface area contributed by atoms with Gasteiger partial charge in [-0.2, -0.15) is 5.26 Å². The monoisotopic (exact) mass is 333 g/mol. The molecule has 0 aliphatic carbocycles. The summed E-state index contributed by atoms with van der Waals surface area (Å²) in [6.45, 7) is 2.74. The molecule has 2 aromatic rings. The SMILES string of the molecule is N#Cc1ccc(CN2CCC3(C2)NC(=O)c2ccccc2CO3)cc1. The summed E-state index contributed by atoms with van der Waals surface area (Å²) in [4.78, 5) is 14.8. The number of nitrogens with one attached hydrogen (secondary N) is 1. The van der Waals surface area contributed by atoms with E-state index in [2.05, 4.69) is 16.3 Å². The maximum absolute atomic E-state index is 12.6. The number of hydrogen-bond donors (Lipinski definition) is 1. The first-order valence-corrected chi connectivity index (χ1v) is 8.43. The summed E-state index contributed by atoms with van der Waals surface area (Å²) >= 11 is 0. The Bertz CT molecular complexity index is 841. The molecule has 1 saturated heterocycles. The van der Waals surface area contributed by atoms with Crippen LogP contribution in [0.3, 0.4) is 0 Å². The Hall–Kier alpha value is -2.68. The molecule has 0 saturated carbocycles. The zero-order valence-electron chi connectivity index (χ0n) is 13.9. The molecule has 0 aromatic heterocycles. The number of amides is 1. The van der Waals surface area contributed by atoms with Crippen LogP contribution in [-0.4, -0.2) is 29.6 Å². The van der Waals surface area contributed by atoms with E-state index in [1.54, 1.807) is 0 Å². The molecule has 1 amide bonds. The van der Waals surface area contributed by atoms with Gasteiger partial charge in [0.1, 0.15) is 0 Å². The summed E-state index contributed by atoms with van der Waals surface area (Å²) in [5, 5.41) is 12.0. The molecule has 1 atom stereocenters. The van der Waals surface area contributed by atoms with Crippen molar-refractivity contribution in [3.63, 3.8) is 0 Å². The fraction of sp³-hybridized carbons (Fsp3) is 0.300. The van der Waals surface area contributed by atoms with Gasteiger partial charge >= 0.3 is 0 Å². The predicted octanol–water partition coefficient (Wildman–Crippen LogP) is 2.42. The lowest BCUT2D eigenvalue weighted by molar-refractivity contribution is -0.0629. The number of benzene rings is 2. The average molecular weight is 333 g/mol. The highest BCUT2D eigenvalue weighted by Gasteiger charge is 2.42. The Kier molecular flexibility index (Phi) is 4.00. The lowest BCUT2D eigenvalue weighted by Crippen LogP contribution is -2.51. The van der Waals surface area contributed by atoms with Crippen molar-refractivity contribution in [1.29, 1.82) is 5.26 Å². The third-order valence-electron chi connectivity index (χ3n) is 4.91. The van der Waals surface area contributed by atoms with E-state index in [1.807, 2.05) is 48.5 Å². The van der Waals surface area contributed by atoms with Crippen LogP contribution in [0.15, 0.2) is 48.5 Å². The first kappa shape index (κ1) is 15.8. The number of hydrogen-bond acceptors (Lipinski definition) is 4. The Balaban J connectivity index is 1.46. The van der Waals surface area contributed by atoms with E-state index >= 15 is 0 Å². The van der Waals surface area contributed by atoms with Gasteiger partial charge in [-0.25, -0.2) is 0 Å². The van der Waals surface area contributed by atoms with Gasteiger partial charge in [-0.05, 0) is 29.3 Å². The summed E-state index contributed by atoms with van der Waals surface area (Å²) in [6, 6.07) is 17.4. The molecule has 2 aromatic carbocycles. The zero-order chi connectivity index (χ0) is 17.3. The highest BCUT2D eigenvalue weighted by Crippen LogP contribution is 2.29. The molecule has 1 unspecified atom stereocenters. The van der Waals surface area contributed by atoms with Crippen LogP contribution in [0.4, 0.5) is 0 Å². The topological polar surface area (TPSA) is 65.4 Å². The molecular formula is C20H19N3O2. The van der Waals surface area contributed by atoms with Gasteiger partial charge in [0.05, 0.1) is 18.2 Å². The van der Waals surface area contributed by atoms with Gasteiger partial charge in [0.25, 0.3) is 5.91 Å². The molecule has 126 valence electrons. The van der Waals surface area contributed by atoms with Crippen LogP contribution in [0.25, 0.3) is 0 Å². The molecule has 0 radical (unpaired) electrons. The second kappa shape index (κ2) is 6.32. The Morgan fingerprint density at radius 1 is 1.20 bits per heavy atom. The molecule has 1 N–H and O–H groups in total. The molecule has 2 heterocycles. The lowest BCUT2D eigenvalue weighted by Gasteiger charge is -2.29. The Morgan fingerprint density at radius 3 is 2.80 bits per heavy atom. The largest absolute Gasteiger partial charge is 0.350 e. The maximum Gasteiger partial charge on any atom is 0.253 e. The van der Waals surface area contributed by atoms with E-state index in [9.17, 15) is 4.79 Å². The van der Waals surface area contributed by atoms with Crippen LogP contribution in [0.1, 0.15) is 33.5 Å². The van der Waals surface area contributed by atoms with Crippen LogP contribution in [-0.2, 0) is 17.9 Å². The fourth-order valence-corrected chi connectivity index (χ4v) is 3.55. The number of nitriles is 1. The van der Waals surface area contributed by atoms with Crippen LogP contribution in [0.2, 0.25) is 0 Å². The van der Waals surface area contributed by atoms with Gasteiger partial charge < -0.3 is 10.1 Å². The van der Waals surface area contributed by atoms with Crippen molar-refractivity contribution in [1.82, 2.24) is 10.2 Å². The second-order valence-corrected chi connectivity index (χ2v) is 6.66. The lowest BCUT2D eigenvalue weighted by atomic mass is 10.1. The van der Waals surface area contributed by atoms with Gasteiger partial charge in [0.15, 0.2) is 5.72 Å². The van der Waals surface area contributed by atoms with Gasteiger partial charge in [-0.15, -0.1) is 0 Å². The molecule has 4 rings (SSSR count). The molecular weight excluding hydrogens is 314 g/mol. The molecule has 1 spiro atoms. The minimum Gasteiger partial charge on any atom is -0.350 e. The summed E-state index contributed by atoms with van der Waals surface area (Å²) in [7, 11) is 0. The van der Waals surface area contributed by atoms with E-state index in [0.29, 0.717) is 24.3 Å². The van der Waals surface area contributed by atoms with E-state index in [4.69, 9.17) is 10.00 Å². The van der Waals surface area contributed by atoms with Crippen LogP contribution in [0.5, 0.6) is 0 Å². The number of fused-ring (bicyclic) bond motifs is 1. The van der Waals surface area contributed by atoms with Gasteiger partial charge in [0, 0.05) is 31.6 Å². The van der Waals surface area contributed by atoms with Gasteiger partial charge in [0.2, 0.25) is 0 Å². The first-order valence-electron chi connectivity index (χ1n) is 8.43. The highest BCUT2D eigenvalue weighted by molar-refractivity contribution is 5.96. The number of carbonyl (C=O) groups is 1. The number of nitrogens with zero attached hydrogens (tertiary/aromatic N) is 2. The third-order valence-corrected chi connectivity index (χ3v) is 4.91. The van der Waals surface area contributed by atoms with Crippen molar-refractivity contribution in [2.75, 3.05) is 13.1 Å². The standard InChI is InChI=1S/C20H19N3O2/c21-11-15-5-7-16(8-6-15)12-23-10-9-20(14-23)22-19(24)18-4-2-1-3-17(18)13-25-20/h1-8H,9-10,12-14H2,(H,22,24). The van der Waals surface area contributed by atoms with E-state index in [1.165, 1.54) is 0 Å². The van der Waals surface area contributed by atoms with Crippen LogP contribution >= 0.6 is 0 Å². The van der Waals surface area contributed by atoms with Crippen molar-refractivity contribution in [3.05, 3.63) is 70.8 Å². The van der Waals surface area contributed by atoms with Crippen molar-refractivity contribution < 1.29 is 9.53 Å². The van der Waals surface area contributed by atoms with Gasteiger partial charge in [-0.3, -0.25) is 9.69 Å². The zero-order valence-corrected chi connectivity index (χ0v) is 13.9. The fourth-order valence-electron chi connectivity index (χ4n) is 3.55. The summed E-state index contributed by atoms with van der Waals surface area (Å²) in [5.74, 6) is -0.0617. The molecule has 5 heteroatoms. The normalized spacial score (nSPS) is 22.9. The minimum atomic E-state index is -0.622. The number of rotatable bonds is 2. The smallest absolute Gasteiger partial charge is 0.253 e. The van der Waals surface area contributed by atoms with Crippen molar-refractivity contribution in [2.24, 2.45) is 0 Å². The quantitative estimate of drug-likeness (QED) is 0.917. The summed E-state index contributed by atoms with van der Waals surface area (Å²) < 4.78 is 6.14. The summed E-state index contributed by atoms with van der Waals surface area (Å²) in [5.41, 5.74) is 2.83. The van der Waals surface area contributed by atoms with E-state index in [-0.39, 0.29) is 5.91 Å². The molecule has 2 aliphatic rings. The first-order chi connectivity index (χ1) is 12.2. The van der Waals surface area contributed by atoms with Crippen molar-refractivity contribution in [2.45, 2.75) is 25.3 Å². The predicted molar refractivity (Wildman–Crippen MR) is 92.5 cm³/mol. The highest BCUT2D eigenvalue weighted by atomic mass is 16.5. The van der Waals surface area contributed by atoms with Gasteiger partial charge in [-0.1, -0.05) is 30.3 Å². The molecule has 0 bridgehead atoms. The van der Waals surface area contributed by atoms with Crippen LogP contribution < -0.4 is 5.32 Å². The molecule has 5 nitrogen and oxygen atoms in total. The number of likely N-dealkylation sites (tertiary alicyclic amines) is 1.